The Morgan fingerprint density at radius 2 is 2.36 bits per heavy atom. The molecule has 1 aliphatic carbocycles. The van der Waals surface area contributed by atoms with Crippen molar-refractivity contribution in [1.82, 2.24) is 0 Å². The maximum Gasteiger partial charge on any atom is 0.136 e. The van der Waals surface area contributed by atoms with Gasteiger partial charge in [0.25, 0.3) is 0 Å². The molecule has 0 aromatic carbocycles. The van der Waals surface area contributed by atoms with Crippen molar-refractivity contribution in [2.45, 2.75) is 33.1 Å². The fourth-order valence-corrected chi connectivity index (χ4v) is 1.36. The second-order valence-corrected chi connectivity index (χ2v) is 3.59. The number of ketones is 1. The summed E-state index contributed by atoms with van der Waals surface area (Å²) in [6, 6.07) is 0. The molecule has 1 rings (SSSR count). The highest BCUT2D eigenvalue weighted by Crippen LogP contribution is 2.21. The van der Waals surface area contributed by atoms with Gasteiger partial charge in [0.2, 0.25) is 0 Å². The van der Waals surface area contributed by atoms with Crippen LogP contribution in [0.4, 0.5) is 0 Å². The second kappa shape index (κ2) is 3.70. The van der Waals surface area contributed by atoms with Crippen molar-refractivity contribution in [2.24, 2.45) is 11.8 Å². The summed E-state index contributed by atoms with van der Waals surface area (Å²) in [4.78, 5) is 11.3. The molecule has 0 aromatic rings. The minimum absolute atomic E-state index is 0.212. The lowest BCUT2D eigenvalue weighted by molar-refractivity contribution is -0.122. The molecule has 1 atom stereocenters. The molecule has 0 radical (unpaired) electrons. The molecule has 62 valence electrons. The van der Waals surface area contributed by atoms with Gasteiger partial charge in [0, 0.05) is 12.3 Å². The third-order valence-electron chi connectivity index (χ3n) is 2.22. The number of carbonyl (C=O) groups is 1. The van der Waals surface area contributed by atoms with Crippen molar-refractivity contribution in [1.29, 1.82) is 0 Å². The van der Waals surface area contributed by atoms with Gasteiger partial charge in [-0.1, -0.05) is 26.0 Å². The Bertz CT molecular complexity index is 168. The molecule has 11 heavy (non-hydrogen) atoms. The molecule has 0 spiro atoms. The first-order chi connectivity index (χ1) is 5.20. The number of hydrogen-bond donors (Lipinski definition) is 0. The minimum atomic E-state index is 0.212. The number of rotatable bonds is 3. The molecular formula is C10H16O. The van der Waals surface area contributed by atoms with Crippen LogP contribution in [0.3, 0.4) is 0 Å². The van der Waals surface area contributed by atoms with E-state index in [1.807, 2.05) is 13.8 Å². The minimum Gasteiger partial charge on any atom is -0.299 e. The normalized spacial score (nSPS) is 23.0. The molecule has 0 bridgehead atoms. The maximum absolute atomic E-state index is 11.3. The number of Topliss-reactive ketones (excluding diaryl/α,β-unsaturated/α-hetero) is 1. The first kappa shape index (κ1) is 8.51. The fourth-order valence-electron chi connectivity index (χ4n) is 1.36. The van der Waals surface area contributed by atoms with E-state index >= 15 is 0 Å². The Labute approximate surface area is 68.5 Å². The SMILES string of the molecule is CC(C)C(=O)CC1C=CCC1. The molecule has 1 heteroatoms. The van der Waals surface area contributed by atoms with E-state index in [0.29, 0.717) is 11.7 Å². The van der Waals surface area contributed by atoms with Gasteiger partial charge in [0.05, 0.1) is 0 Å². The van der Waals surface area contributed by atoms with Gasteiger partial charge < -0.3 is 0 Å². The van der Waals surface area contributed by atoms with Crippen LogP contribution in [-0.4, -0.2) is 5.78 Å². The molecule has 0 fully saturated rings. The molecule has 0 N–H and O–H groups in total. The zero-order valence-corrected chi connectivity index (χ0v) is 7.34. The van der Waals surface area contributed by atoms with E-state index in [1.165, 1.54) is 6.42 Å². The molecule has 1 aliphatic rings. The van der Waals surface area contributed by atoms with E-state index in [-0.39, 0.29) is 5.92 Å². The van der Waals surface area contributed by atoms with Crippen LogP contribution >= 0.6 is 0 Å². The van der Waals surface area contributed by atoms with Crippen molar-refractivity contribution in [3.63, 3.8) is 0 Å². The van der Waals surface area contributed by atoms with Crippen molar-refractivity contribution < 1.29 is 4.79 Å². The lowest BCUT2D eigenvalue weighted by atomic mass is 9.96. The molecule has 0 amide bonds. The smallest absolute Gasteiger partial charge is 0.136 e. The van der Waals surface area contributed by atoms with Gasteiger partial charge >= 0.3 is 0 Å². The van der Waals surface area contributed by atoms with Gasteiger partial charge in [0.1, 0.15) is 5.78 Å². The van der Waals surface area contributed by atoms with E-state index < -0.39 is 0 Å². The largest absolute Gasteiger partial charge is 0.299 e. The van der Waals surface area contributed by atoms with Gasteiger partial charge in [-0.05, 0) is 18.8 Å². The average Bonchev–Trinajstić information content (AvgIpc) is 2.39. The van der Waals surface area contributed by atoms with Gasteiger partial charge in [-0.15, -0.1) is 0 Å². The monoisotopic (exact) mass is 152 g/mol. The zero-order valence-electron chi connectivity index (χ0n) is 7.34. The van der Waals surface area contributed by atoms with Gasteiger partial charge in [0.15, 0.2) is 0 Å². The molecular weight excluding hydrogens is 136 g/mol. The Morgan fingerprint density at radius 1 is 1.64 bits per heavy atom. The summed E-state index contributed by atoms with van der Waals surface area (Å²) in [6.07, 6.45) is 7.46. The zero-order chi connectivity index (χ0) is 8.27. The number of hydrogen-bond acceptors (Lipinski definition) is 1. The van der Waals surface area contributed by atoms with E-state index in [1.54, 1.807) is 0 Å². The van der Waals surface area contributed by atoms with Crippen molar-refractivity contribution in [3.8, 4) is 0 Å². The second-order valence-electron chi connectivity index (χ2n) is 3.59. The van der Waals surface area contributed by atoms with Crippen LogP contribution in [0.2, 0.25) is 0 Å². The van der Waals surface area contributed by atoms with E-state index in [9.17, 15) is 4.79 Å². The van der Waals surface area contributed by atoms with Crippen molar-refractivity contribution in [3.05, 3.63) is 12.2 Å². The number of allylic oxidation sites excluding steroid dienone is 2. The van der Waals surface area contributed by atoms with Crippen LogP contribution in [0.15, 0.2) is 12.2 Å². The Balaban J connectivity index is 2.30. The topological polar surface area (TPSA) is 17.1 Å². The molecule has 1 unspecified atom stereocenters. The highest BCUT2D eigenvalue weighted by atomic mass is 16.1. The summed E-state index contributed by atoms with van der Waals surface area (Å²) in [5.41, 5.74) is 0. The summed E-state index contributed by atoms with van der Waals surface area (Å²) in [6.45, 7) is 3.95. The standard InChI is InChI=1S/C10H16O/c1-8(2)10(11)7-9-5-3-4-6-9/h3,5,8-9H,4,6-7H2,1-2H3. The Hall–Kier alpha value is -0.590. The van der Waals surface area contributed by atoms with E-state index in [4.69, 9.17) is 0 Å². The highest BCUT2D eigenvalue weighted by molar-refractivity contribution is 5.80. The average molecular weight is 152 g/mol. The fraction of sp³-hybridized carbons (Fsp3) is 0.700. The van der Waals surface area contributed by atoms with E-state index in [2.05, 4.69) is 12.2 Å². The maximum atomic E-state index is 11.3. The molecule has 0 heterocycles. The predicted molar refractivity (Wildman–Crippen MR) is 46.3 cm³/mol. The van der Waals surface area contributed by atoms with Gasteiger partial charge in [-0.3, -0.25) is 4.79 Å². The summed E-state index contributed by atoms with van der Waals surface area (Å²) < 4.78 is 0. The van der Waals surface area contributed by atoms with Crippen LogP contribution in [0.5, 0.6) is 0 Å². The number of carbonyl (C=O) groups excluding carboxylic acids is 1. The lowest BCUT2D eigenvalue weighted by Crippen LogP contribution is -2.10. The summed E-state index contributed by atoms with van der Waals surface area (Å²) >= 11 is 0. The molecule has 0 saturated carbocycles. The van der Waals surface area contributed by atoms with Crippen LogP contribution < -0.4 is 0 Å². The first-order valence-electron chi connectivity index (χ1n) is 4.39. The Kier molecular flexibility index (Phi) is 2.86. The van der Waals surface area contributed by atoms with Crippen LogP contribution in [0.1, 0.15) is 33.1 Å². The van der Waals surface area contributed by atoms with Crippen LogP contribution in [0, 0.1) is 11.8 Å². The van der Waals surface area contributed by atoms with Crippen molar-refractivity contribution >= 4 is 5.78 Å². The molecule has 0 aliphatic heterocycles. The predicted octanol–water partition coefficient (Wildman–Crippen LogP) is 2.57. The van der Waals surface area contributed by atoms with Gasteiger partial charge in [-0.2, -0.15) is 0 Å². The summed E-state index contributed by atoms with van der Waals surface area (Å²) in [5.74, 6) is 1.16. The first-order valence-corrected chi connectivity index (χ1v) is 4.39. The third-order valence-corrected chi connectivity index (χ3v) is 2.22. The van der Waals surface area contributed by atoms with E-state index in [0.717, 1.165) is 12.8 Å². The molecule has 1 nitrogen and oxygen atoms in total. The van der Waals surface area contributed by atoms with Gasteiger partial charge in [-0.25, -0.2) is 0 Å². The Morgan fingerprint density at radius 3 is 2.82 bits per heavy atom. The molecule has 0 saturated heterocycles. The van der Waals surface area contributed by atoms with Crippen molar-refractivity contribution in [2.75, 3.05) is 0 Å². The summed E-state index contributed by atoms with van der Waals surface area (Å²) in [7, 11) is 0. The van der Waals surface area contributed by atoms with Crippen LogP contribution in [0.25, 0.3) is 0 Å². The molecule has 0 aromatic heterocycles. The lowest BCUT2D eigenvalue weighted by Gasteiger charge is -2.07. The third kappa shape index (κ3) is 2.49. The summed E-state index contributed by atoms with van der Waals surface area (Å²) in [5, 5.41) is 0. The van der Waals surface area contributed by atoms with Crippen LogP contribution in [-0.2, 0) is 4.79 Å². The quantitative estimate of drug-likeness (QED) is 0.568. The highest BCUT2D eigenvalue weighted by Gasteiger charge is 2.15.